The number of fused-ring (bicyclic) bond motifs is 1. The van der Waals surface area contributed by atoms with E-state index in [0.717, 1.165) is 22.4 Å². The monoisotopic (exact) mass is 379 g/mol. The lowest BCUT2D eigenvalue weighted by Crippen LogP contribution is -2.31. The van der Waals surface area contributed by atoms with Gasteiger partial charge in [0, 0.05) is 13.1 Å². The number of thioether (sulfide) groups is 1. The van der Waals surface area contributed by atoms with E-state index in [9.17, 15) is 4.79 Å². The van der Waals surface area contributed by atoms with E-state index in [4.69, 9.17) is 12.2 Å². The van der Waals surface area contributed by atoms with Crippen LogP contribution >= 0.6 is 24.0 Å². The van der Waals surface area contributed by atoms with Crippen LogP contribution in [0.3, 0.4) is 0 Å². The Balaban J connectivity index is 1.68. The highest BCUT2D eigenvalue weighted by atomic mass is 32.2. The molecule has 0 saturated carbocycles. The largest absolute Gasteiger partial charge is 0.328 e. The van der Waals surface area contributed by atoms with Gasteiger partial charge in [-0.05, 0) is 24.6 Å². The lowest BCUT2D eigenvalue weighted by atomic mass is 10.1. The van der Waals surface area contributed by atoms with Gasteiger partial charge in [0.2, 0.25) is 0 Å². The number of thiocarbonyl (C=S) groups is 1. The topological polar surface area (TPSA) is 38.1 Å². The molecule has 26 heavy (non-hydrogen) atoms. The highest BCUT2D eigenvalue weighted by molar-refractivity contribution is 8.26. The molecule has 0 N–H and O–H groups in total. The minimum Gasteiger partial charge on any atom is -0.328 e. The molecule has 0 aliphatic carbocycles. The number of aromatic nitrogens is 2. The number of para-hydroxylation sites is 2. The summed E-state index contributed by atoms with van der Waals surface area (Å²) >= 11 is 6.82. The molecule has 1 amide bonds. The fourth-order valence-corrected chi connectivity index (χ4v) is 4.49. The lowest BCUT2D eigenvalue weighted by molar-refractivity contribution is -0.123. The van der Waals surface area contributed by atoms with Crippen molar-refractivity contribution < 1.29 is 4.79 Å². The molecule has 3 aromatic rings. The highest BCUT2D eigenvalue weighted by Crippen LogP contribution is 2.38. The molecule has 2 aromatic carbocycles. The Hall–Kier alpha value is -2.44. The van der Waals surface area contributed by atoms with Crippen LogP contribution < -0.4 is 0 Å². The molecule has 0 bridgehead atoms. The molecule has 1 aromatic heterocycles. The number of aryl methyl sites for hydroxylation is 1. The number of amides is 1. The zero-order valence-electron chi connectivity index (χ0n) is 14.4. The minimum absolute atomic E-state index is 0.0663. The summed E-state index contributed by atoms with van der Waals surface area (Å²) < 4.78 is 2.57. The molecule has 0 radical (unpaired) electrons. The summed E-state index contributed by atoms with van der Waals surface area (Å²) in [6.07, 6.45) is 1.83. The predicted molar refractivity (Wildman–Crippen MR) is 111 cm³/mol. The molecule has 1 fully saturated rings. The van der Waals surface area contributed by atoms with Gasteiger partial charge in [0.05, 0.1) is 22.0 Å². The van der Waals surface area contributed by atoms with Gasteiger partial charge in [-0.25, -0.2) is 4.98 Å². The number of nitrogens with zero attached hydrogens (tertiary/aromatic N) is 3. The van der Waals surface area contributed by atoms with Crippen molar-refractivity contribution >= 4 is 51.3 Å². The van der Waals surface area contributed by atoms with Gasteiger partial charge in [0.15, 0.2) is 0 Å². The van der Waals surface area contributed by atoms with E-state index in [1.807, 2.05) is 79.2 Å². The van der Waals surface area contributed by atoms with Gasteiger partial charge < -0.3 is 4.57 Å². The van der Waals surface area contributed by atoms with E-state index in [0.29, 0.717) is 9.23 Å². The first-order chi connectivity index (χ1) is 12.6. The molecule has 0 spiro atoms. The van der Waals surface area contributed by atoms with E-state index in [-0.39, 0.29) is 11.9 Å². The molecule has 6 heteroatoms. The first-order valence-corrected chi connectivity index (χ1v) is 9.52. The zero-order chi connectivity index (χ0) is 18.3. The molecule has 4 rings (SSSR count). The van der Waals surface area contributed by atoms with Gasteiger partial charge in [-0.1, -0.05) is 66.4 Å². The van der Waals surface area contributed by atoms with Crippen molar-refractivity contribution in [3.8, 4) is 0 Å². The summed E-state index contributed by atoms with van der Waals surface area (Å²) in [6.45, 7) is 2.00. The summed E-state index contributed by atoms with van der Waals surface area (Å²) in [7, 11) is 1.95. The normalized spacial score (nSPS) is 17.5. The Morgan fingerprint density at radius 3 is 2.54 bits per heavy atom. The van der Waals surface area contributed by atoms with Crippen LogP contribution in [0.2, 0.25) is 0 Å². The van der Waals surface area contributed by atoms with Crippen molar-refractivity contribution in [2.75, 3.05) is 0 Å². The van der Waals surface area contributed by atoms with E-state index < -0.39 is 0 Å². The molecule has 4 nitrogen and oxygen atoms in total. The molecular weight excluding hydrogens is 362 g/mol. The molecule has 1 atom stereocenters. The van der Waals surface area contributed by atoms with Crippen molar-refractivity contribution in [1.29, 1.82) is 0 Å². The standard InChI is InChI=1S/C20H17N3OS2/c1-13(14-8-4-3-5-9-14)23-19(24)17(26-20(23)25)12-18-21-15-10-6-7-11-16(15)22(18)2/h3-13H,1-2H3. The van der Waals surface area contributed by atoms with Crippen molar-refractivity contribution in [3.05, 3.63) is 70.9 Å². The third-order valence-electron chi connectivity index (χ3n) is 4.57. The third kappa shape index (κ3) is 2.85. The van der Waals surface area contributed by atoms with Gasteiger partial charge in [0.25, 0.3) is 5.91 Å². The van der Waals surface area contributed by atoms with Crippen LogP contribution in [-0.4, -0.2) is 24.7 Å². The second-order valence-corrected chi connectivity index (χ2v) is 7.83. The lowest BCUT2D eigenvalue weighted by Gasteiger charge is -2.23. The van der Waals surface area contributed by atoms with Crippen molar-refractivity contribution in [2.45, 2.75) is 13.0 Å². The van der Waals surface area contributed by atoms with Crippen LogP contribution in [0.1, 0.15) is 24.4 Å². The second kappa shape index (κ2) is 6.70. The minimum atomic E-state index is -0.102. The first-order valence-electron chi connectivity index (χ1n) is 8.29. The smallest absolute Gasteiger partial charge is 0.266 e. The molecule has 1 aliphatic rings. The van der Waals surface area contributed by atoms with Gasteiger partial charge in [-0.15, -0.1) is 0 Å². The van der Waals surface area contributed by atoms with Gasteiger partial charge in [0.1, 0.15) is 10.1 Å². The number of rotatable bonds is 3. The van der Waals surface area contributed by atoms with Crippen molar-refractivity contribution in [3.63, 3.8) is 0 Å². The van der Waals surface area contributed by atoms with Crippen LogP contribution in [0.15, 0.2) is 59.5 Å². The van der Waals surface area contributed by atoms with Gasteiger partial charge >= 0.3 is 0 Å². The van der Waals surface area contributed by atoms with E-state index in [2.05, 4.69) is 4.98 Å². The average molecular weight is 380 g/mol. The highest BCUT2D eigenvalue weighted by Gasteiger charge is 2.36. The molecule has 1 unspecified atom stereocenters. The van der Waals surface area contributed by atoms with E-state index in [1.165, 1.54) is 11.8 Å². The summed E-state index contributed by atoms with van der Waals surface area (Å²) in [6, 6.07) is 17.8. The number of hydrogen-bond acceptors (Lipinski definition) is 4. The summed E-state index contributed by atoms with van der Waals surface area (Å²) in [5, 5.41) is 0. The van der Waals surface area contributed by atoms with E-state index in [1.54, 1.807) is 4.90 Å². The molecule has 1 saturated heterocycles. The number of imidazole rings is 1. The number of carbonyl (C=O) groups excluding carboxylic acids is 1. The second-order valence-electron chi connectivity index (χ2n) is 6.16. The Labute approximate surface area is 161 Å². The molecular formula is C20H17N3OS2. The summed E-state index contributed by atoms with van der Waals surface area (Å²) in [5.74, 6) is 0.683. The Morgan fingerprint density at radius 2 is 1.81 bits per heavy atom. The van der Waals surface area contributed by atoms with Crippen LogP contribution in [0.5, 0.6) is 0 Å². The fraction of sp³-hybridized carbons (Fsp3) is 0.150. The van der Waals surface area contributed by atoms with Gasteiger partial charge in [-0.2, -0.15) is 0 Å². The van der Waals surface area contributed by atoms with Gasteiger partial charge in [-0.3, -0.25) is 9.69 Å². The fourth-order valence-electron chi connectivity index (χ4n) is 3.10. The maximum Gasteiger partial charge on any atom is 0.266 e. The molecule has 2 heterocycles. The van der Waals surface area contributed by atoms with E-state index >= 15 is 0 Å². The third-order valence-corrected chi connectivity index (χ3v) is 5.91. The molecule has 130 valence electrons. The summed E-state index contributed by atoms with van der Waals surface area (Å²) in [5.41, 5.74) is 3.01. The van der Waals surface area contributed by atoms with Crippen LogP contribution in [0, 0.1) is 0 Å². The Morgan fingerprint density at radius 1 is 1.12 bits per heavy atom. The summed E-state index contributed by atoms with van der Waals surface area (Å²) in [4.78, 5) is 19.9. The first kappa shape index (κ1) is 17.0. The Bertz CT molecular complexity index is 1040. The zero-order valence-corrected chi connectivity index (χ0v) is 16.1. The predicted octanol–water partition coefficient (Wildman–Crippen LogP) is 4.54. The van der Waals surface area contributed by atoms with Crippen molar-refractivity contribution in [1.82, 2.24) is 14.5 Å². The SMILES string of the molecule is CC(c1ccccc1)N1C(=O)C(=Cc2nc3ccccc3n2C)SC1=S. The van der Waals surface area contributed by atoms with Crippen LogP contribution in [0.4, 0.5) is 0 Å². The number of hydrogen-bond donors (Lipinski definition) is 0. The Kier molecular flexibility index (Phi) is 4.38. The number of benzene rings is 2. The van der Waals surface area contributed by atoms with Crippen molar-refractivity contribution in [2.24, 2.45) is 7.05 Å². The maximum absolute atomic E-state index is 13.0. The average Bonchev–Trinajstić information content (AvgIpc) is 3.12. The molecule has 1 aliphatic heterocycles. The maximum atomic E-state index is 13.0. The van der Waals surface area contributed by atoms with Crippen LogP contribution in [0.25, 0.3) is 17.1 Å². The van der Waals surface area contributed by atoms with Crippen LogP contribution in [-0.2, 0) is 11.8 Å². The quantitative estimate of drug-likeness (QED) is 0.495. The number of carbonyl (C=O) groups is 1.